The highest BCUT2D eigenvalue weighted by atomic mass is 19.1. The molecule has 4 nitrogen and oxygen atoms in total. The van der Waals surface area contributed by atoms with Gasteiger partial charge in [0.2, 0.25) is 0 Å². The number of rotatable bonds is 4. The predicted octanol–water partition coefficient (Wildman–Crippen LogP) is 0.608. The minimum absolute atomic E-state index is 0.278. The molecule has 2 heterocycles. The van der Waals surface area contributed by atoms with Gasteiger partial charge in [-0.05, 0) is 13.5 Å². The highest BCUT2D eigenvalue weighted by Crippen LogP contribution is 2.21. The van der Waals surface area contributed by atoms with E-state index < -0.39 is 6.17 Å². The van der Waals surface area contributed by atoms with E-state index in [0.717, 1.165) is 18.7 Å². The van der Waals surface area contributed by atoms with Crippen molar-refractivity contribution in [1.82, 2.24) is 20.2 Å². The van der Waals surface area contributed by atoms with Crippen LogP contribution in [0.5, 0.6) is 0 Å². The lowest BCUT2D eigenvalue weighted by Gasteiger charge is -2.23. The van der Waals surface area contributed by atoms with Gasteiger partial charge in [-0.1, -0.05) is 0 Å². The quantitative estimate of drug-likeness (QED) is 0.813. The Kier molecular flexibility index (Phi) is 3.79. The van der Waals surface area contributed by atoms with E-state index in [4.69, 9.17) is 0 Å². The summed E-state index contributed by atoms with van der Waals surface area (Å²) in [7, 11) is 1.90. The minimum Gasteiger partial charge on any atom is -0.318 e. The normalized spacial score (nSPS) is 26.1. The molecule has 1 aromatic rings. The summed E-state index contributed by atoms with van der Waals surface area (Å²) in [5.41, 5.74) is 1.04. The van der Waals surface area contributed by atoms with E-state index in [0.29, 0.717) is 13.0 Å². The van der Waals surface area contributed by atoms with Crippen molar-refractivity contribution >= 4 is 0 Å². The zero-order chi connectivity index (χ0) is 11.4. The van der Waals surface area contributed by atoms with Gasteiger partial charge in [0.05, 0.1) is 0 Å². The summed E-state index contributed by atoms with van der Waals surface area (Å²) in [5, 5.41) is 3.11. The van der Waals surface area contributed by atoms with Crippen LogP contribution >= 0.6 is 0 Å². The Morgan fingerprint density at radius 2 is 2.25 bits per heavy atom. The molecule has 0 radical (unpaired) electrons. The standard InChI is InChI=1S/C11H17FN4/c1-13-5-11-2-10(12)7-16(11)6-9-3-14-8-15-4-9/h3-4,8,10-11,13H,2,5-7H2,1H3. The maximum Gasteiger partial charge on any atom is 0.115 e. The summed E-state index contributed by atoms with van der Waals surface area (Å²) in [4.78, 5) is 10.1. The molecule has 1 aliphatic heterocycles. The highest BCUT2D eigenvalue weighted by Gasteiger charge is 2.31. The molecule has 0 bridgehead atoms. The second-order valence-corrected chi connectivity index (χ2v) is 4.22. The van der Waals surface area contributed by atoms with Crippen LogP contribution < -0.4 is 5.32 Å². The Balaban J connectivity index is 1.97. The molecule has 2 atom stereocenters. The van der Waals surface area contributed by atoms with Crippen LogP contribution in [0.4, 0.5) is 4.39 Å². The fourth-order valence-electron chi connectivity index (χ4n) is 2.21. The molecule has 1 aromatic heterocycles. The van der Waals surface area contributed by atoms with E-state index in [1.807, 2.05) is 7.05 Å². The Hall–Kier alpha value is -1.07. The molecule has 0 amide bonds. The van der Waals surface area contributed by atoms with Crippen LogP contribution in [0, 0.1) is 0 Å². The first-order valence-corrected chi connectivity index (χ1v) is 5.56. The predicted molar refractivity (Wildman–Crippen MR) is 59.7 cm³/mol. The van der Waals surface area contributed by atoms with Crippen molar-refractivity contribution in [2.45, 2.75) is 25.2 Å². The van der Waals surface area contributed by atoms with E-state index in [1.54, 1.807) is 12.4 Å². The van der Waals surface area contributed by atoms with Crippen LogP contribution in [0.25, 0.3) is 0 Å². The molecule has 1 N–H and O–H groups in total. The van der Waals surface area contributed by atoms with E-state index >= 15 is 0 Å². The number of alkyl halides is 1. The zero-order valence-electron chi connectivity index (χ0n) is 9.43. The van der Waals surface area contributed by atoms with Crippen molar-refractivity contribution < 1.29 is 4.39 Å². The van der Waals surface area contributed by atoms with Gasteiger partial charge >= 0.3 is 0 Å². The Morgan fingerprint density at radius 1 is 1.50 bits per heavy atom. The monoisotopic (exact) mass is 224 g/mol. The van der Waals surface area contributed by atoms with Gasteiger partial charge in [-0.15, -0.1) is 0 Å². The smallest absolute Gasteiger partial charge is 0.115 e. The summed E-state index contributed by atoms with van der Waals surface area (Å²) in [6.07, 6.45) is 5.00. The minimum atomic E-state index is -0.706. The summed E-state index contributed by atoms with van der Waals surface area (Å²) in [5.74, 6) is 0. The summed E-state index contributed by atoms with van der Waals surface area (Å²) >= 11 is 0. The van der Waals surface area contributed by atoms with Crippen LogP contribution in [-0.2, 0) is 6.54 Å². The first kappa shape index (κ1) is 11.4. The second-order valence-electron chi connectivity index (χ2n) is 4.22. The molecule has 0 saturated carbocycles. The van der Waals surface area contributed by atoms with Crippen LogP contribution in [0.2, 0.25) is 0 Å². The van der Waals surface area contributed by atoms with E-state index in [2.05, 4.69) is 20.2 Å². The average Bonchev–Trinajstić information content (AvgIpc) is 2.61. The molecule has 1 aliphatic rings. The molecule has 0 aromatic carbocycles. The lowest BCUT2D eigenvalue weighted by atomic mass is 10.2. The largest absolute Gasteiger partial charge is 0.318 e. The summed E-state index contributed by atoms with van der Waals surface area (Å²) in [6.45, 7) is 2.07. The van der Waals surface area contributed by atoms with Gasteiger partial charge in [0, 0.05) is 43.6 Å². The number of hydrogen-bond acceptors (Lipinski definition) is 4. The van der Waals surface area contributed by atoms with Crippen molar-refractivity contribution in [3.8, 4) is 0 Å². The molecule has 5 heteroatoms. The van der Waals surface area contributed by atoms with Crippen LogP contribution in [0.3, 0.4) is 0 Å². The molecule has 16 heavy (non-hydrogen) atoms. The fraction of sp³-hybridized carbons (Fsp3) is 0.636. The Morgan fingerprint density at radius 3 is 2.94 bits per heavy atom. The Bertz CT molecular complexity index is 319. The van der Waals surface area contributed by atoms with E-state index in [-0.39, 0.29) is 6.04 Å². The van der Waals surface area contributed by atoms with Gasteiger partial charge in [-0.25, -0.2) is 14.4 Å². The van der Waals surface area contributed by atoms with Crippen molar-refractivity contribution in [3.05, 3.63) is 24.3 Å². The van der Waals surface area contributed by atoms with Crippen molar-refractivity contribution in [2.75, 3.05) is 20.1 Å². The van der Waals surface area contributed by atoms with Crippen molar-refractivity contribution in [2.24, 2.45) is 0 Å². The van der Waals surface area contributed by atoms with Crippen molar-refractivity contribution in [1.29, 1.82) is 0 Å². The van der Waals surface area contributed by atoms with Gasteiger partial charge in [-0.2, -0.15) is 0 Å². The Labute approximate surface area is 94.9 Å². The first-order valence-electron chi connectivity index (χ1n) is 5.56. The molecular weight excluding hydrogens is 207 g/mol. The number of halogens is 1. The van der Waals surface area contributed by atoms with E-state index in [1.165, 1.54) is 6.33 Å². The zero-order valence-corrected chi connectivity index (χ0v) is 9.43. The summed E-state index contributed by atoms with van der Waals surface area (Å²) < 4.78 is 13.3. The van der Waals surface area contributed by atoms with Gasteiger partial charge in [-0.3, -0.25) is 4.90 Å². The van der Waals surface area contributed by atoms with Crippen LogP contribution in [0.1, 0.15) is 12.0 Å². The molecule has 1 saturated heterocycles. The third-order valence-corrected chi connectivity index (χ3v) is 2.92. The lowest BCUT2D eigenvalue weighted by molar-refractivity contribution is 0.232. The highest BCUT2D eigenvalue weighted by molar-refractivity contribution is 5.03. The molecule has 2 rings (SSSR count). The lowest BCUT2D eigenvalue weighted by Crippen LogP contribution is -2.36. The van der Waals surface area contributed by atoms with Gasteiger partial charge < -0.3 is 5.32 Å². The van der Waals surface area contributed by atoms with Gasteiger partial charge in [0.1, 0.15) is 12.5 Å². The van der Waals surface area contributed by atoms with Crippen molar-refractivity contribution in [3.63, 3.8) is 0 Å². The number of nitrogens with one attached hydrogen (secondary N) is 1. The maximum absolute atomic E-state index is 13.3. The topological polar surface area (TPSA) is 41.0 Å². The molecule has 0 aliphatic carbocycles. The summed E-state index contributed by atoms with van der Waals surface area (Å²) in [6, 6.07) is 0.278. The number of aromatic nitrogens is 2. The number of likely N-dealkylation sites (N-methyl/N-ethyl adjacent to an activating group) is 1. The molecular formula is C11H17FN4. The van der Waals surface area contributed by atoms with Gasteiger partial charge in [0.15, 0.2) is 0 Å². The molecule has 0 spiro atoms. The maximum atomic E-state index is 13.3. The second kappa shape index (κ2) is 5.32. The number of nitrogens with zero attached hydrogens (tertiary/aromatic N) is 3. The molecule has 2 unspecified atom stereocenters. The van der Waals surface area contributed by atoms with E-state index in [9.17, 15) is 4.39 Å². The van der Waals surface area contributed by atoms with Gasteiger partial charge in [0.25, 0.3) is 0 Å². The average molecular weight is 224 g/mol. The third kappa shape index (κ3) is 2.74. The molecule has 88 valence electrons. The number of hydrogen-bond donors (Lipinski definition) is 1. The SMILES string of the molecule is CNCC1CC(F)CN1Cc1cncnc1. The first-order chi connectivity index (χ1) is 7.79. The van der Waals surface area contributed by atoms with Crippen LogP contribution in [-0.4, -0.2) is 47.2 Å². The fourth-order valence-corrected chi connectivity index (χ4v) is 2.21. The number of likely N-dealkylation sites (tertiary alicyclic amines) is 1. The third-order valence-electron chi connectivity index (χ3n) is 2.92. The van der Waals surface area contributed by atoms with Crippen LogP contribution in [0.15, 0.2) is 18.7 Å². The molecule has 1 fully saturated rings.